The molecule has 40 heavy (non-hydrogen) atoms. The third kappa shape index (κ3) is 4.06. The molecule has 0 fully saturated rings. The predicted molar refractivity (Wildman–Crippen MR) is 168 cm³/mol. The number of pyridine rings is 2. The second-order valence-electron chi connectivity index (χ2n) is 10.4. The maximum Gasteiger partial charge on any atom is 0.0349 e. The normalized spacial score (nSPS) is 11.2. The third-order valence-corrected chi connectivity index (χ3v) is 7.94. The summed E-state index contributed by atoms with van der Waals surface area (Å²) in [5.74, 6) is 0. The minimum Gasteiger partial charge on any atom is -0.264 e. The fourth-order valence-electron chi connectivity index (χ4n) is 5.97. The Morgan fingerprint density at radius 2 is 0.950 bits per heavy atom. The molecule has 2 heteroatoms. The van der Waals surface area contributed by atoms with Crippen molar-refractivity contribution in [1.82, 2.24) is 9.97 Å². The highest BCUT2D eigenvalue weighted by Gasteiger charge is 2.17. The number of aromatic nitrogens is 2. The van der Waals surface area contributed by atoms with Crippen LogP contribution in [0.1, 0.15) is 11.1 Å². The van der Waals surface area contributed by atoms with Gasteiger partial charge in [-0.25, -0.2) is 0 Å². The fourth-order valence-corrected chi connectivity index (χ4v) is 5.97. The molecule has 5 aromatic carbocycles. The van der Waals surface area contributed by atoms with Crippen molar-refractivity contribution in [2.24, 2.45) is 0 Å². The maximum atomic E-state index is 4.35. The smallest absolute Gasteiger partial charge is 0.0349 e. The van der Waals surface area contributed by atoms with Crippen molar-refractivity contribution in [3.63, 3.8) is 0 Å². The van der Waals surface area contributed by atoms with Gasteiger partial charge in [0.2, 0.25) is 0 Å². The first-order chi connectivity index (χ1) is 19.7. The lowest BCUT2D eigenvalue weighted by atomic mass is 9.85. The van der Waals surface area contributed by atoms with Crippen molar-refractivity contribution in [3.05, 3.63) is 145 Å². The molecule has 0 unspecified atom stereocenters. The number of rotatable bonds is 4. The van der Waals surface area contributed by atoms with E-state index in [4.69, 9.17) is 0 Å². The largest absolute Gasteiger partial charge is 0.264 e. The second kappa shape index (κ2) is 9.91. The highest BCUT2D eigenvalue weighted by molar-refractivity contribution is 6.21. The molecule has 0 bridgehead atoms. The van der Waals surface area contributed by atoms with E-state index in [0.717, 1.165) is 0 Å². The summed E-state index contributed by atoms with van der Waals surface area (Å²) in [6.07, 6.45) is 7.60. The van der Waals surface area contributed by atoms with E-state index in [0.29, 0.717) is 0 Å². The van der Waals surface area contributed by atoms with Crippen LogP contribution < -0.4 is 0 Å². The van der Waals surface area contributed by atoms with Gasteiger partial charge in [0.15, 0.2) is 0 Å². The van der Waals surface area contributed by atoms with Crippen molar-refractivity contribution in [3.8, 4) is 44.5 Å². The average molecular weight is 513 g/mol. The van der Waals surface area contributed by atoms with Gasteiger partial charge >= 0.3 is 0 Å². The molecule has 0 atom stereocenters. The Kier molecular flexibility index (Phi) is 5.94. The highest BCUT2D eigenvalue weighted by atomic mass is 14.6. The molecule has 0 aliphatic rings. The van der Waals surface area contributed by atoms with E-state index >= 15 is 0 Å². The molecule has 7 aromatic rings. The molecule has 0 radical (unpaired) electrons. The van der Waals surface area contributed by atoms with E-state index in [1.165, 1.54) is 77.2 Å². The molecule has 2 heterocycles. The van der Waals surface area contributed by atoms with Crippen LogP contribution in [0.5, 0.6) is 0 Å². The Labute approximate surface area is 234 Å². The molecular formula is C38H28N2. The molecule has 0 aliphatic heterocycles. The van der Waals surface area contributed by atoms with Gasteiger partial charge < -0.3 is 0 Å². The number of hydrogen-bond donors (Lipinski definition) is 0. The zero-order valence-electron chi connectivity index (χ0n) is 22.6. The molecule has 7 rings (SSSR count). The molecule has 0 saturated carbocycles. The summed E-state index contributed by atoms with van der Waals surface area (Å²) in [4.78, 5) is 8.65. The molecule has 0 N–H and O–H groups in total. The first-order valence-electron chi connectivity index (χ1n) is 13.7. The summed E-state index contributed by atoms with van der Waals surface area (Å²) in [6, 6.07) is 39.7. The van der Waals surface area contributed by atoms with Crippen LogP contribution in [0.25, 0.3) is 66.1 Å². The minimum atomic E-state index is 1.17. The molecule has 0 amide bonds. The Morgan fingerprint density at radius 1 is 0.400 bits per heavy atom. The van der Waals surface area contributed by atoms with Crippen LogP contribution in [0.15, 0.2) is 134 Å². The molecule has 0 spiro atoms. The first kappa shape index (κ1) is 24.0. The molecule has 0 saturated heterocycles. The van der Waals surface area contributed by atoms with Gasteiger partial charge in [0.05, 0.1) is 0 Å². The standard InChI is InChI=1S/C38H28N2/c1-25-18-20-40-24-36(25)27-14-16-28(17-15-27)37-32-10-3-5-12-34(32)38(35-13-6-4-11-33(35)37)30-9-7-8-29(22-30)31-19-21-39-23-26(31)2/h3-24H,1-2H3. The van der Waals surface area contributed by atoms with Gasteiger partial charge in [-0.15, -0.1) is 0 Å². The first-order valence-corrected chi connectivity index (χ1v) is 13.7. The maximum absolute atomic E-state index is 4.35. The highest BCUT2D eigenvalue weighted by Crippen LogP contribution is 2.44. The number of aryl methyl sites for hydroxylation is 2. The molecular weight excluding hydrogens is 484 g/mol. The van der Waals surface area contributed by atoms with Crippen molar-refractivity contribution < 1.29 is 0 Å². The van der Waals surface area contributed by atoms with Gasteiger partial charge in [-0.05, 0) is 104 Å². The lowest BCUT2D eigenvalue weighted by Crippen LogP contribution is -1.92. The van der Waals surface area contributed by atoms with Crippen LogP contribution in [-0.2, 0) is 0 Å². The van der Waals surface area contributed by atoms with Crippen molar-refractivity contribution in [2.75, 3.05) is 0 Å². The van der Waals surface area contributed by atoms with E-state index in [9.17, 15) is 0 Å². The van der Waals surface area contributed by atoms with Gasteiger partial charge in [-0.2, -0.15) is 0 Å². The zero-order chi connectivity index (χ0) is 27.1. The van der Waals surface area contributed by atoms with Crippen LogP contribution in [0.2, 0.25) is 0 Å². The lowest BCUT2D eigenvalue weighted by Gasteiger charge is -2.18. The van der Waals surface area contributed by atoms with Crippen LogP contribution >= 0.6 is 0 Å². The fraction of sp³-hybridized carbons (Fsp3) is 0.0526. The monoisotopic (exact) mass is 512 g/mol. The Hall–Kier alpha value is -5.08. The van der Waals surface area contributed by atoms with Crippen LogP contribution in [-0.4, -0.2) is 9.97 Å². The number of hydrogen-bond acceptors (Lipinski definition) is 2. The predicted octanol–water partition coefficient (Wildman–Crippen LogP) is 10.1. The molecule has 2 nitrogen and oxygen atoms in total. The van der Waals surface area contributed by atoms with Gasteiger partial charge in [-0.1, -0.05) is 91.0 Å². The van der Waals surface area contributed by atoms with E-state index in [1.54, 1.807) is 0 Å². The Morgan fingerprint density at radius 3 is 1.57 bits per heavy atom. The van der Waals surface area contributed by atoms with Crippen molar-refractivity contribution in [1.29, 1.82) is 0 Å². The van der Waals surface area contributed by atoms with Gasteiger partial charge in [0.1, 0.15) is 0 Å². The van der Waals surface area contributed by atoms with Crippen molar-refractivity contribution in [2.45, 2.75) is 13.8 Å². The zero-order valence-corrected chi connectivity index (χ0v) is 22.6. The van der Waals surface area contributed by atoms with Gasteiger partial charge in [0, 0.05) is 30.4 Å². The van der Waals surface area contributed by atoms with E-state index in [-0.39, 0.29) is 0 Å². The van der Waals surface area contributed by atoms with E-state index < -0.39 is 0 Å². The molecule has 190 valence electrons. The Bertz CT molecular complexity index is 1960. The van der Waals surface area contributed by atoms with Gasteiger partial charge in [0.25, 0.3) is 0 Å². The van der Waals surface area contributed by atoms with E-state index in [1.807, 2.05) is 24.8 Å². The van der Waals surface area contributed by atoms with Crippen LogP contribution in [0.3, 0.4) is 0 Å². The topological polar surface area (TPSA) is 25.8 Å². The van der Waals surface area contributed by atoms with Crippen LogP contribution in [0, 0.1) is 13.8 Å². The summed E-state index contributed by atoms with van der Waals surface area (Å²) < 4.78 is 0. The van der Waals surface area contributed by atoms with Crippen molar-refractivity contribution >= 4 is 21.5 Å². The minimum absolute atomic E-state index is 1.17. The van der Waals surface area contributed by atoms with Gasteiger partial charge in [-0.3, -0.25) is 9.97 Å². The molecule has 2 aromatic heterocycles. The summed E-state index contributed by atoms with van der Waals surface area (Å²) in [5.41, 5.74) is 12.1. The lowest BCUT2D eigenvalue weighted by molar-refractivity contribution is 1.27. The van der Waals surface area contributed by atoms with Crippen LogP contribution in [0.4, 0.5) is 0 Å². The quantitative estimate of drug-likeness (QED) is 0.219. The third-order valence-electron chi connectivity index (χ3n) is 7.94. The number of nitrogens with zero attached hydrogens (tertiary/aromatic N) is 2. The summed E-state index contributed by atoms with van der Waals surface area (Å²) in [6.45, 7) is 4.26. The summed E-state index contributed by atoms with van der Waals surface area (Å²) >= 11 is 0. The second-order valence-corrected chi connectivity index (χ2v) is 10.4. The average Bonchev–Trinajstić information content (AvgIpc) is 3.00. The van der Waals surface area contributed by atoms with E-state index in [2.05, 4.69) is 133 Å². The number of fused-ring (bicyclic) bond motifs is 2. The summed E-state index contributed by atoms with van der Waals surface area (Å²) in [7, 11) is 0. The number of benzene rings is 5. The SMILES string of the molecule is Cc1cnccc1-c1cccc(-c2c3ccccc3c(-c3ccc(-c4cnccc4C)cc3)c3ccccc23)c1. The molecule has 0 aliphatic carbocycles. The summed E-state index contributed by atoms with van der Waals surface area (Å²) in [5, 5.41) is 5.03. The Balaban J connectivity index is 1.46.